The van der Waals surface area contributed by atoms with Gasteiger partial charge in [-0.15, -0.1) is 24.2 Å². The van der Waals surface area contributed by atoms with E-state index in [-0.39, 0.29) is 24.4 Å². The largest absolute Gasteiger partial charge is 0.351 e. The Labute approximate surface area is 103 Å². The van der Waals surface area contributed by atoms with E-state index in [9.17, 15) is 4.79 Å². The molecule has 1 saturated heterocycles. The first kappa shape index (κ1) is 12.8. The van der Waals surface area contributed by atoms with Crippen molar-refractivity contribution in [1.82, 2.24) is 10.6 Å². The molecule has 1 atom stereocenters. The van der Waals surface area contributed by atoms with Crippen LogP contribution < -0.4 is 10.6 Å². The molecule has 84 valence electrons. The Morgan fingerprint density at radius 3 is 3.13 bits per heavy atom. The lowest BCUT2D eigenvalue weighted by Crippen LogP contribution is -2.41. The lowest BCUT2D eigenvalue weighted by molar-refractivity contribution is -0.122. The van der Waals surface area contributed by atoms with Crippen LogP contribution in [0.25, 0.3) is 0 Å². The van der Waals surface area contributed by atoms with Crippen LogP contribution in [0.5, 0.6) is 0 Å². The van der Waals surface area contributed by atoms with Crippen LogP contribution in [0.1, 0.15) is 5.56 Å². The Bertz CT molecular complexity index is 299. The van der Waals surface area contributed by atoms with E-state index in [1.165, 1.54) is 5.56 Å². The summed E-state index contributed by atoms with van der Waals surface area (Å²) in [7, 11) is 0. The second kappa shape index (κ2) is 6.37. The van der Waals surface area contributed by atoms with Gasteiger partial charge in [0.1, 0.15) is 0 Å². The second-order valence-electron chi connectivity index (χ2n) is 3.12. The zero-order valence-electron chi connectivity index (χ0n) is 8.06. The molecule has 1 aromatic rings. The fourth-order valence-corrected chi connectivity index (χ4v) is 2.88. The number of hydrogen-bond acceptors (Lipinski definition) is 4. The van der Waals surface area contributed by atoms with E-state index in [1.54, 1.807) is 23.1 Å². The van der Waals surface area contributed by atoms with Crippen molar-refractivity contribution in [1.29, 1.82) is 0 Å². The maximum atomic E-state index is 11.6. The SMILES string of the molecule is Cl.O=C(NCc1ccsc1)C1CSCN1. The van der Waals surface area contributed by atoms with E-state index in [4.69, 9.17) is 0 Å². The Hall–Kier alpha value is -0.230. The molecular weight excluding hydrogens is 252 g/mol. The van der Waals surface area contributed by atoms with Gasteiger partial charge < -0.3 is 5.32 Å². The summed E-state index contributed by atoms with van der Waals surface area (Å²) in [5.74, 6) is 1.88. The third kappa shape index (κ3) is 3.68. The van der Waals surface area contributed by atoms with Gasteiger partial charge in [0.2, 0.25) is 5.91 Å². The number of carbonyl (C=O) groups is 1. The number of rotatable bonds is 3. The van der Waals surface area contributed by atoms with Crippen molar-refractivity contribution in [2.24, 2.45) is 0 Å². The summed E-state index contributed by atoms with van der Waals surface area (Å²) in [6.07, 6.45) is 0. The molecule has 2 heterocycles. The number of halogens is 1. The van der Waals surface area contributed by atoms with Crippen molar-refractivity contribution in [2.45, 2.75) is 12.6 Å². The van der Waals surface area contributed by atoms with Gasteiger partial charge in [0.25, 0.3) is 0 Å². The summed E-state index contributed by atoms with van der Waals surface area (Å²) >= 11 is 3.42. The number of hydrogen-bond donors (Lipinski definition) is 2. The highest BCUT2D eigenvalue weighted by Gasteiger charge is 2.21. The highest BCUT2D eigenvalue weighted by atomic mass is 35.5. The maximum absolute atomic E-state index is 11.6. The van der Waals surface area contributed by atoms with Crippen LogP contribution in [0.15, 0.2) is 16.8 Å². The van der Waals surface area contributed by atoms with Crippen molar-refractivity contribution in [3.8, 4) is 0 Å². The topological polar surface area (TPSA) is 41.1 Å². The molecule has 1 aromatic heterocycles. The van der Waals surface area contributed by atoms with Crippen LogP contribution in [0.3, 0.4) is 0 Å². The number of carbonyl (C=O) groups excluding carboxylic acids is 1. The summed E-state index contributed by atoms with van der Waals surface area (Å²) in [6, 6.07) is 2.03. The minimum atomic E-state index is -0.00126. The van der Waals surface area contributed by atoms with Crippen LogP contribution in [-0.4, -0.2) is 23.6 Å². The summed E-state index contributed by atoms with van der Waals surface area (Å²) in [5.41, 5.74) is 1.18. The fraction of sp³-hybridized carbons (Fsp3) is 0.444. The van der Waals surface area contributed by atoms with Gasteiger partial charge in [0, 0.05) is 18.2 Å². The number of thiophene rings is 1. The average molecular weight is 265 g/mol. The van der Waals surface area contributed by atoms with E-state index in [2.05, 4.69) is 16.0 Å². The van der Waals surface area contributed by atoms with Crippen molar-refractivity contribution in [2.75, 3.05) is 11.6 Å². The van der Waals surface area contributed by atoms with Crippen molar-refractivity contribution >= 4 is 41.4 Å². The maximum Gasteiger partial charge on any atom is 0.238 e. The summed E-state index contributed by atoms with van der Waals surface area (Å²) in [5, 5.41) is 10.1. The highest BCUT2D eigenvalue weighted by molar-refractivity contribution is 7.99. The average Bonchev–Trinajstić information content (AvgIpc) is 2.87. The molecule has 0 aromatic carbocycles. The Morgan fingerprint density at radius 1 is 1.67 bits per heavy atom. The molecule has 6 heteroatoms. The highest BCUT2D eigenvalue weighted by Crippen LogP contribution is 2.10. The normalized spacial score (nSPS) is 19.6. The van der Waals surface area contributed by atoms with E-state index >= 15 is 0 Å². The summed E-state index contributed by atoms with van der Waals surface area (Å²) < 4.78 is 0. The number of amides is 1. The monoisotopic (exact) mass is 264 g/mol. The first-order chi connectivity index (χ1) is 6.86. The fourth-order valence-electron chi connectivity index (χ4n) is 1.27. The Morgan fingerprint density at radius 2 is 2.53 bits per heavy atom. The van der Waals surface area contributed by atoms with Gasteiger partial charge in [-0.05, 0) is 22.4 Å². The molecule has 15 heavy (non-hydrogen) atoms. The summed E-state index contributed by atoms with van der Waals surface area (Å²) in [4.78, 5) is 11.6. The number of thioether (sulfide) groups is 1. The van der Waals surface area contributed by atoms with Crippen molar-refractivity contribution in [3.63, 3.8) is 0 Å². The first-order valence-corrected chi connectivity index (χ1v) is 6.56. The molecule has 1 aliphatic rings. The predicted octanol–water partition coefficient (Wildman–Crippen LogP) is 1.45. The van der Waals surface area contributed by atoms with Crippen LogP contribution >= 0.6 is 35.5 Å². The van der Waals surface area contributed by atoms with Crippen LogP contribution in [0.2, 0.25) is 0 Å². The minimum absolute atomic E-state index is 0. The molecule has 2 rings (SSSR count). The van der Waals surface area contributed by atoms with E-state index < -0.39 is 0 Å². The predicted molar refractivity (Wildman–Crippen MR) is 67.7 cm³/mol. The van der Waals surface area contributed by atoms with Crippen molar-refractivity contribution < 1.29 is 4.79 Å². The molecule has 0 radical (unpaired) electrons. The van der Waals surface area contributed by atoms with Gasteiger partial charge in [-0.2, -0.15) is 11.3 Å². The zero-order valence-corrected chi connectivity index (χ0v) is 10.5. The molecule has 0 bridgehead atoms. The molecule has 1 unspecified atom stereocenters. The second-order valence-corrected chi connectivity index (χ2v) is 4.93. The smallest absolute Gasteiger partial charge is 0.238 e. The van der Waals surface area contributed by atoms with Gasteiger partial charge in [0.05, 0.1) is 6.04 Å². The quantitative estimate of drug-likeness (QED) is 0.868. The van der Waals surface area contributed by atoms with Gasteiger partial charge >= 0.3 is 0 Å². The molecule has 1 amide bonds. The molecule has 0 saturated carbocycles. The van der Waals surface area contributed by atoms with Crippen LogP contribution in [-0.2, 0) is 11.3 Å². The Balaban J connectivity index is 0.00000112. The van der Waals surface area contributed by atoms with E-state index in [0.29, 0.717) is 6.54 Å². The van der Waals surface area contributed by atoms with E-state index in [0.717, 1.165) is 11.6 Å². The van der Waals surface area contributed by atoms with Gasteiger partial charge in [-0.3, -0.25) is 10.1 Å². The number of nitrogens with one attached hydrogen (secondary N) is 2. The van der Waals surface area contributed by atoms with Gasteiger partial charge in [0.15, 0.2) is 0 Å². The molecular formula is C9H13ClN2OS2. The standard InChI is InChI=1S/C9H12N2OS2.ClH/c12-9(8-5-14-6-11-8)10-3-7-1-2-13-4-7;/h1-2,4,8,11H,3,5-6H2,(H,10,12);1H. The van der Waals surface area contributed by atoms with E-state index in [1.807, 2.05) is 11.4 Å². The van der Waals surface area contributed by atoms with Gasteiger partial charge in [-0.25, -0.2) is 0 Å². The summed E-state index contributed by atoms with van der Waals surface area (Å²) in [6.45, 7) is 0.644. The molecule has 1 fully saturated rings. The molecule has 2 N–H and O–H groups in total. The lowest BCUT2D eigenvalue weighted by atomic mass is 10.3. The minimum Gasteiger partial charge on any atom is -0.351 e. The first-order valence-electron chi connectivity index (χ1n) is 4.46. The van der Waals surface area contributed by atoms with Crippen molar-refractivity contribution in [3.05, 3.63) is 22.4 Å². The Kier molecular flexibility index (Phi) is 5.45. The third-order valence-corrected chi connectivity index (χ3v) is 3.75. The third-order valence-electron chi connectivity index (χ3n) is 2.08. The molecule has 3 nitrogen and oxygen atoms in total. The molecule has 1 aliphatic heterocycles. The zero-order chi connectivity index (χ0) is 9.80. The van der Waals surface area contributed by atoms with Crippen LogP contribution in [0, 0.1) is 0 Å². The van der Waals surface area contributed by atoms with Gasteiger partial charge in [-0.1, -0.05) is 0 Å². The lowest BCUT2D eigenvalue weighted by Gasteiger charge is -2.09. The molecule has 0 aliphatic carbocycles. The molecule has 0 spiro atoms. The van der Waals surface area contributed by atoms with Crippen LogP contribution in [0.4, 0.5) is 0 Å².